The fraction of sp³-hybridized carbons (Fsp3) is 0.0667. The van der Waals surface area contributed by atoms with Crippen molar-refractivity contribution in [1.29, 1.82) is 0 Å². The Morgan fingerprint density at radius 1 is 0.452 bits per heavy atom. The molecule has 4 N–H and O–H groups in total. The average molecular weight is 602 g/mol. The number of aromatic carboxylic acids is 4. The molecule has 0 saturated heterocycles. The maximum atomic E-state index is 11.9. The average Bonchev–Trinajstić information content (AvgIpc) is 2.92. The van der Waals surface area contributed by atoms with Crippen LogP contribution < -0.4 is 118 Å². The molecular formula is C30H22Na4O8+4. The fourth-order valence-corrected chi connectivity index (χ4v) is 4.68. The van der Waals surface area contributed by atoms with Crippen LogP contribution in [-0.4, -0.2) is 44.3 Å². The van der Waals surface area contributed by atoms with Crippen molar-refractivity contribution in [3.63, 3.8) is 0 Å². The van der Waals surface area contributed by atoms with Crippen molar-refractivity contribution in [2.75, 3.05) is 0 Å². The van der Waals surface area contributed by atoms with E-state index in [2.05, 4.69) is 0 Å². The molecule has 42 heavy (non-hydrogen) atoms. The summed E-state index contributed by atoms with van der Waals surface area (Å²) < 4.78 is 0. The van der Waals surface area contributed by atoms with Crippen LogP contribution in [0.5, 0.6) is 0 Å². The predicted molar refractivity (Wildman–Crippen MR) is 137 cm³/mol. The van der Waals surface area contributed by atoms with E-state index >= 15 is 0 Å². The molecule has 4 aromatic carbocycles. The van der Waals surface area contributed by atoms with Gasteiger partial charge in [-0.05, 0) is 77.2 Å². The van der Waals surface area contributed by atoms with Crippen LogP contribution in [0.4, 0.5) is 0 Å². The van der Waals surface area contributed by atoms with Crippen LogP contribution in [0.2, 0.25) is 0 Å². The molecule has 0 aliphatic rings. The number of hydrogen-bond acceptors (Lipinski definition) is 4. The molecule has 0 fully saturated rings. The third-order valence-electron chi connectivity index (χ3n) is 6.45. The molecule has 190 valence electrons. The monoisotopic (exact) mass is 602 g/mol. The van der Waals surface area contributed by atoms with E-state index in [0.29, 0.717) is 22.3 Å². The molecule has 0 aliphatic carbocycles. The third kappa shape index (κ3) is 9.14. The minimum atomic E-state index is -1.29. The molecule has 0 heterocycles. The van der Waals surface area contributed by atoms with Crippen molar-refractivity contribution in [1.82, 2.24) is 0 Å². The van der Waals surface area contributed by atoms with Crippen LogP contribution in [0.3, 0.4) is 0 Å². The molecule has 0 amide bonds. The Morgan fingerprint density at radius 2 is 0.738 bits per heavy atom. The van der Waals surface area contributed by atoms with Crippen molar-refractivity contribution < 1.29 is 158 Å². The van der Waals surface area contributed by atoms with E-state index in [9.17, 15) is 39.6 Å². The summed E-state index contributed by atoms with van der Waals surface area (Å²) >= 11 is 0. The largest absolute Gasteiger partial charge is 1.00 e. The Balaban J connectivity index is 0.00000420. The summed E-state index contributed by atoms with van der Waals surface area (Å²) in [7, 11) is 0. The van der Waals surface area contributed by atoms with Gasteiger partial charge in [0.05, 0.1) is 22.3 Å². The van der Waals surface area contributed by atoms with Crippen LogP contribution in [0.15, 0.2) is 97.1 Å². The Labute approximate surface area is 330 Å². The normalized spacial score (nSPS) is 10.0. The molecule has 4 rings (SSSR count). The molecule has 0 saturated carbocycles. The number of carboxylic acids is 4. The Kier molecular flexibility index (Phi) is 17.4. The first kappa shape index (κ1) is 40.8. The molecule has 0 bridgehead atoms. The zero-order valence-corrected chi connectivity index (χ0v) is 31.9. The van der Waals surface area contributed by atoms with Gasteiger partial charge in [0.2, 0.25) is 0 Å². The van der Waals surface area contributed by atoms with Gasteiger partial charge in [0.1, 0.15) is 0 Å². The summed E-state index contributed by atoms with van der Waals surface area (Å²) in [6, 6.07) is 24.6. The van der Waals surface area contributed by atoms with Gasteiger partial charge in [0.25, 0.3) is 0 Å². The zero-order valence-electron chi connectivity index (χ0n) is 23.9. The van der Waals surface area contributed by atoms with Crippen LogP contribution in [0.1, 0.15) is 63.7 Å². The summed E-state index contributed by atoms with van der Waals surface area (Å²) in [6.07, 6.45) is 0.0728. The second-order valence-corrected chi connectivity index (χ2v) is 8.75. The second-order valence-electron chi connectivity index (χ2n) is 8.75. The smallest absolute Gasteiger partial charge is 0.478 e. The molecular weight excluding hydrogens is 580 g/mol. The number of carbonyl (C=O) groups is 4. The maximum Gasteiger partial charge on any atom is 1.00 e. The molecule has 0 radical (unpaired) electrons. The fourth-order valence-electron chi connectivity index (χ4n) is 4.68. The number of rotatable bonds is 9. The van der Waals surface area contributed by atoms with Crippen molar-refractivity contribution >= 4 is 23.9 Å². The SMILES string of the molecule is O=C(O)c1cccc(CC(c2cccc(C(=O)O)c2)(c2cccc(C(=O)O)c2)c2cccc(C(=O)O)c2)c1.[Na+].[Na+].[Na+].[Na+]. The van der Waals surface area contributed by atoms with Gasteiger partial charge in [-0.2, -0.15) is 0 Å². The summed E-state index contributed by atoms with van der Waals surface area (Å²) in [4.78, 5) is 47.4. The molecule has 12 heteroatoms. The van der Waals surface area contributed by atoms with Gasteiger partial charge in [-0.3, -0.25) is 0 Å². The van der Waals surface area contributed by atoms with E-state index < -0.39 is 29.3 Å². The number of hydrogen-bond donors (Lipinski definition) is 4. The van der Waals surface area contributed by atoms with Crippen LogP contribution in [0.25, 0.3) is 0 Å². The Hall–Kier alpha value is -1.24. The predicted octanol–water partition coefficient (Wildman–Crippen LogP) is -6.93. The summed E-state index contributed by atoms with van der Waals surface area (Å²) in [5.41, 5.74) is 0.634. The summed E-state index contributed by atoms with van der Waals surface area (Å²) in [6.45, 7) is 0. The Morgan fingerprint density at radius 3 is 1.05 bits per heavy atom. The quantitative estimate of drug-likeness (QED) is 0.109. The molecule has 0 aliphatic heterocycles. The molecule has 0 atom stereocenters. The molecule has 0 spiro atoms. The molecule has 8 nitrogen and oxygen atoms in total. The van der Waals surface area contributed by atoms with Gasteiger partial charge in [0, 0.05) is 5.41 Å². The minimum absolute atomic E-state index is 0. The maximum absolute atomic E-state index is 11.9. The number of carboxylic acid groups (broad SMARTS) is 4. The van der Waals surface area contributed by atoms with Gasteiger partial charge in [-0.15, -0.1) is 0 Å². The third-order valence-corrected chi connectivity index (χ3v) is 6.45. The van der Waals surface area contributed by atoms with E-state index in [1.54, 1.807) is 48.5 Å². The zero-order chi connectivity index (χ0) is 27.4. The van der Waals surface area contributed by atoms with Crippen molar-refractivity contribution in [3.05, 3.63) is 142 Å². The van der Waals surface area contributed by atoms with Crippen LogP contribution >= 0.6 is 0 Å². The van der Waals surface area contributed by atoms with Crippen LogP contribution in [0, 0.1) is 0 Å². The molecule has 4 aromatic rings. The van der Waals surface area contributed by atoms with Crippen LogP contribution in [-0.2, 0) is 11.8 Å². The van der Waals surface area contributed by atoms with E-state index in [1.807, 2.05) is 0 Å². The topological polar surface area (TPSA) is 149 Å². The first-order chi connectivity index (χ1) is 18.1. The van der Waals surface area contributed by atoms with E-state index in [-0.39, 0.29) is 147 Å². The number of benzene rings is 4. The van der Waals surface area contributed by atoms with E-state index in [0.717, 1.165) is 0 Å². The second kappa shape index (κ2) is 17.9. The van der Waals surface area contributed by atoms with Crippen molar-refractivity contribution in [2.45, 2.75) is 11.8 Å². The van der Waals surface area contributed by atoms with Gasteiger partial charge in [-0.25, -0.2) is 19.2 Å². The van der Waals surface area contributed by atoms with Gasteiger partial charge in [-0.1, -0.05) is 48.5 Å². The summed E-state index contributed by atoms with van der Waals surface area (Å²) in [5.74, 6) is -4.65. The summed E-state index contributed by atoms with van der Waals surface area (Å²) in [5, 5.41) is 38.7. The van der Waals surface area contributed by atoms with Crippen molar-refractivity contribution in [3.8, 4) is 0 Å². The molecule has 0 unspecified atom stereocenters. The van der Waals surface area contributed by atoms with Crippen molar-refractivity contribution in [2.24, 2.45) is 0 Å². The standard InChI is InChI=1S/C30H22O8.4Na/c31-26(32)19-6-1-5-18(13-19)17-30(23-10-2-7-20(14-23)27(33)34,24-11-3-8-21(15-24)28(35)36)25-12-4-9-22(16-25)29(37)38;;;;/h1-16H,17H2,(H,31,32)(H,33,34)(H,35,36)(H,37,38);;;;/q;4*+1. The Bertz CT molecular complexity index is 1450. The molecule has 0 aromatic heterocycles. The first-order valence-electron chi connectivity index (χ1n) is 11.5. The minimum Gasteiger partial charge on any atom is -0.478 e. The first-order valence-corrected chi connectivity index (χ1v) is 11.5. The van der Waals surface area contributed by atoms with E-state index in [1.165, 1.54) is 48.5 Å². The van der Waals surface area contributed by atoms with Gasteiger partial charge < -0.3 is 20.4 Å². The van der Waals surface area contributed by atoms with E-state index in [4.69, 9.17) is 0 Å². The van der Waals surface area contributed by atoms with Gasteiger partial charge >= 0.3 is 142 Å². The van der Waals surface area contributed by atoms with Gasteiger partial charge in [0.15, 0.2) is 0 Å².